The van der Waals surface area contributed by atoms with E-state index in [-0.39, 0.29) is 0 Å². The standard InChI is InChI=1S/C19H17Cl2NO4/c1-12(19(24)22-16-10-14(20)9-15(21)11-16)26-18(23)8-5-13-3-6-17(25-2)7-4-13/h3-12H,1-2H3,(H,22,24)/b8-5+/t12-/m0/s1. The number of amides is 1. The minimum atomic E-state index is -0.985. The highest BCUT2D eigenvalue weighted by atomic mass is 35.5. The fourth-order valence-electron chi connectivity index (χ4n) is 2.02. The van der Waals surface area contributed by atoms with Gasteiger partial charge in [0.05, 0.1) is 7.11 Å². The topological polar surface area (TPSA) is 64.6 Å². The molecule has 0 aliphatic rings. The fraction of sp³-hybridized carbons (Fsp3) is 0.158. The van der Waals surface area contributed by atoms with Crippen LogP contribution >= 0.6 is 23.2 Å². The van der Waals surface area contributed by atoms with Crippen LogP contribution < -0.4 is 10.1 Å². The monoisotopic (exact) mass is 393 g/mol. The summed E-state index contributed by atoms with van der Waals surface area (Å²) >= 11 is 11.8. The number of benzene rings is 2. The Hall–Kier alpha value is -2.50. The van der Waals surface area contributed by atoms with Crippen molar-refractivity contribution in [3.8, 4) is 5.75 Å². The number of esters is 1. The van der Waals surface area contributed by atoms with E-state index in [0.29, 0.717) is 15.7 Å². The zero-order valence-corrected chi connectivity index (χ0v) is 15.7. The van der Waals surface area contributed by atoms with Gasteiger partial charge in [0.25, 0.3) is 5.91 Å². The largest absolute Gasteiger partial charge is 0.497 e. The Morgan fingerprint density at radius 1 is 1.08 bits per heavy atom. The molecule has 0 aromatic heterocycles. The molecule has 2 rings (SSSR count). The van der Waals surface area contributed by atoms with Crippen molar-refractivity contribution >= 4 is 46.8 Å². The van der Waals surface area contributed by atoms with Crippen LogP contribution in [0.4, 0.5) is 5.69 Å². The molecule has 26 heavy (non-hydrogen) atoms. The van der Waals surface area contributed by atoms with Crippen LogP contribution in [0.1, 0.15) is 12.5 Å². The first-order valence-corrected chi connectivity index (χ1v) is 8.42. The number of hydrogen-bond donors (Lipinski definition) is 1. The minimum Gasteiger partial charge on any atom is -0.497 e. The van der Waals surface area contributed by atoms with Crippen LogP contribution in [-0.2, 0) is 14.3 Å². The van der Waals surface area contributed by atoms with Crippen molar-refractivity contribution in [3.05, 3.63) is 64.1 Å². The van der Waals surface area contributed by atoms with E-state index in [4.69, 9.17) is 32.7 Å². The van der Waals surface area contributed by atoms with Gasteiger partial charge in [-0.3, -0.25) is 4.79 Å². The molecular weight excluding hydrogens is 377 g/mol. The van der Waals surface area contributed by atoms with Crippen LogP contribution in [0.2, 0.25) is 10.0 Å². The minimum absolute atomic E-state index is 0.389. The summed E-state index contributed by atoms with van der Waals surface area (Å²) in [4.78, 5) is 24.0. The van der Waals surface area contributed by atoms with Crippen LogP contribution in [-0.4, -0.2) is 25.1 Å². The molecule has 1 N–H and O–H groups in total. The molecule has 0 fully saturated rings. The molecule has 0 heterocycles. The Bertz CT molecular complexity index is 799. The highest BCUT2D eigenvalue weighted by molar-refractivity contribution is 6.35. The van der Waals surface area contributed by atoms with Gasteiger partial charge in [-0.2, -0.15) is 0 Å². The second-order valence-corrected chi connectivity index (χ2v) is 6.21. The van der Waals surface area contributed by atoms with E-state index in [1.54, 1.807) is 55.7 Å². The smallest absolute Gasteiger partial charge is 0.331 e. The first-order chi connectivity index (χ1) is 12.4. The molecule has 0 saturated carbocycles. The van der Waals surface area contributed by atoms with Crippen molar-refractivity contribution < 1.29 is 19.1 Å². The van der Waals surface area contributed by atoms with E-state index in [0.717, 1.165) is 11.3 Å². The average molecular weight is 394 g/mol. The van der Waals surface area contributed by atoms with E-state index in [2.05, 4.69) is 5.32 Å². The van der Waals surface area contributed by atoms with Crippen LogP contribution in [0.5, 0.6) is 5.75 Å². The Balaban J connectivity index is 1.90. The lowest BCUT2D eigenvalue weighted by Gasteiger charge is -2.12. The summed E-state index contributed by atoms with van der Waals surface area (Å²) in [6.07, 6.45) is 1.85. The van der Waals surface area contributed by atoms with Crippen LogP contribution in [0.15, 0.2) is 48.5 Å². The highest BCUT2D eigenvalue weighted by Crippen LogP contribution is 2.22. The number of hydrogen-bond acceptors (Lipinski definition) is 4. The summed E-state index contributed by atoms with van der Waals surface area (Å²) < 4.78 is 10.1. The van der Waals surface area contributed by atoms with Crippen molar-refractivity contribution in [2.24, 2.45) is 0 Å². The van der Waals surface area contributed by atoms with E-state index in [9.17, 15) is 9.59 Å². The maximum Gasteiger partial charge on any atom is 0.331 e. The summed E-state index contributed by atoms with van der Waals surface area (Å²) in [5.41, 5.74) is 1.22. The Labute approximate surface area is 161 Å². The molecule has 2 aromatic rings. The predicted molar refractivity (Wildman–Crippen MR) is 103 cm³/mol. The Kier molecular flexibility index (Phi) is 7.06. The van der Waals surface area contributed by atoms with Gasteiger partial charge in [0.1, 0.15) is 5.75 Å². The lowest BCUT2D eigenvalue weighted by Crippen LogP contribution is -2.29. The number of methoxy groups -OCH3 is 1. The second-order valence-electron chi connectivity index (χ2n) is 5.33. The summed E-state index contributed by atoms with van der Waals surface area (Å²) in [5.74, 6) is -0.404. The van der Waals surface area contributed by atoms with Crippen molar-refractivity contribution in [3.63, 3.8) is 0 Å². The molecule has 136 valence electrons. The molecule has 1 amide bonds. The molecule has 0 unspecified atom stereocenters. The SMILES string of the molecule is COc1ccc(/C=C/C(=O)O[C@@H](C)C(=O)Nc2cc(Cl)cc(Cl)c2)cc1. The van der Waals surface area contributed by atoms with Crippen molar-refractivity contribution in [1.29, 1.82) is 0 Å². The van der Waals surface area contributed by atoms with Gasteiger partial charge in [-0.25, -0.2) is 4.79 Å². The third kappa shape index (κ3) is 6.10. The van der Waals surface area contributed by atoms with Gasteiger partial charge in [0.2, 0.25) is 0 Å². The summed E-state index contributed by atoms with van der Waals surface area (Å²) in [6.45, 7) is 1.47. The molecule has 0 spiro atoms. The molecule has 0 bridgehead atoms. The van der Waals surface area contributed by atoms with Gasteiger partial charge in [-0.05, 0) is 48.9 Å². The number of nitrogens with one attached hydrogen (secondary N) is 1. The lowest BCUT2D eigenvalue weighted by atomic mass is 10.2. The lowest BCUT2D eigenvalue weighted by molar-refractivity contribution is -0.148. The van der Waals surface area contributed by atoms with Crippen molar-refractivity contribution in [1.82, 2.24) is 0 Å². The highest BCUT2D eigenvalue weighted by Gasteiger charge is 2.17. The predicted octanol–water partition coefficient (Wildman–Crippen LogP) is 4.59. The third-order valence-electron chi connectivity index (χ3n) is 3.32. The molecule has 0 aliphatic heterocycles. The molecule has 0 saturated heterocycles. The normalized spacial score (nSPS) is 11.8. The maximum atomic E-state index is 12.1. The van der Waals surface area contributed by atoms with Gasteiger partial charge >= 0.3 is 5.97 Å². The fourth-order valence-corrected chi connectivity index (χ4v) is 2.54. The van der Waals surface area contributed by atoms with E-state index in [1.807, 2.05) is 0 Å². The second kappa shape index (κ2) is 9.27. The quantitative estimate of drug-likeness (QED) is 0.575. The number of rotatable bonds is 6. The molecule has 2 aromatic carbocycles. The van der Waals surface area contributed by atoms with Crippen LogP contribution in [0, 0.1) is 0 Å². The number of ether oxygens (including phenoxy) is 2. The molecular formula is C19H17Cl2NO4. The first kappa shape index (κ1) is 19.8. The van der Waals surface area contributed by atoms with E-state index < -0.39 is 18.0 Å². The number of halogens is 2. The number of carbonyl (C=O) groups excluding carboxylic acids is 2. The maximum absolute atomic E-state index is 12.1. The number of carbonyl (C=O) groups is 2. The molecule has 5 nitrogen and oxygen atoms in total. The molecule has 0 radical (unpaired) electrons. The van der Waals surface area contributed by atoms with Gasteiger partial charge in [0.15, 0.2) is 6.10 Å². The number of anilines is 1. The third-order valence-corrected chi connectivity index (χ3v) is 3.76. The van der Waals surface area contributed by atoms with E-state index >= 15 is 0 Å². The van der Waals surface area contributed by atoms with Gasteiger partial charge < -0.3 is 14.8 Å². The van der Waals surface area contributed by atoms with Crippen molar-refractivity contribution in [2.45, 2.75) is 13.0 Å². The van der Waals surface area contributed by atoms with Gasteiger partial charge in [0, 0.05) is 21.8 Å². The van der Waals surface area contributed by atoms with Gasteiger partial charge in [-0.1, -0.05) is 35.3 Å². The molecule has 7 heteroatoms. The summed E-state index contributed by atoms with van der Waals surface area (Å²) in [7, 11) is 1.58. The van der Waals surface area contributed by atoms with Crippen molar-refractivity contribution in [2.75, 3.05) is 12.4 Å². The van der Waals surface area contributed by atoms with Crippen LogP contribution in [0.25, 0.3) is 6.08 Å². The first-order valence-electron chi connectivity index (χ1n) is 7.67. The molecule has 0 aliphatic carbocycles. The van der Waals surface area contributed by atoms with Crippen LogP contribution in [0.3, 0.4) is 0 Å². The zero-order chi connectivity index (χ0) is 19.1. The van der Waals surface area contributed by atoms with Gasteiger partial charge in [-0.15, -0.1) is 0 Å². The summed E-state index contributed by atoms with van der Waals surface area (Å²) in [5, 5.41) is 3.37. The zero-order valence-electron chi connectivity index (χ0n) is 14.2. The Morgan fingerprint density at radius 2 is 1.69 bits per heavy atom. The summed E-state index contributed by atoms with van der Waals surface area (Å²) in [6, 6.07) is 11.8. The van der Waals surface area contributed by atoms with E-state index in [1.165, 1.54) is 13.0 Å². The Morgan fingerprint density at radius 3 is 2.27 bits per heavy atom. The molecule has 1 atom stereocenters. The average Bonchev–Trinajstić information content (AvgIpc) is 2.59.